The van der Waals surface area contributed by atoms with Crippen LogP contribution in [0.1, 0.15) is 40.0 Å². The van der Waals surface area contributed by atoms with Crippen LogP contribution >= 0.6 is 0 Å². The van der Waals surface area contributed by atoms with Crippen LogP contribution in [0.5, 0.6) is 0 Å². The van der Waals surface area contributed by atoms with Crippen LogP contribution in [0.4, 0.5) is 0 Å². The van der Waals surface area contributed by atoms with Gasteiger partial charge in [0.15, 0.2) is 6.29 Å². The Morgan fingerprint density at radius 1 is 1.11 bits per heavy atom. The van der Waals surface area contributed by atoms with Crippen molar-refractivity contribution in [1.29, 1.82) is 0 Å². The summed E-state index contributed by atoms with van der Waals surface area (Å²) in [4.78, 5) is 0. The maximum atomic E-state index is 10.6. The van der Waals surface area contributed by atoms with E-state index in [1.54, 1.807) is 0 Å². The normalized spacial score (nSPS) is 48.9. The number of aliphatic hydroxyl groups excluding tert-OH is 3. The second-order valence-corrected chi connectivity index (χ2v) is 7.41. The molecule has 1 saturated carbocycles. The minimum atomic E-state index is -0.802. The van der Waals surface area contributed by atoms with Crippen molar-refractivity contribution in [3.63, 3.8) is 0 Å². The zero-order valence-corrected chi connectivity index (χ0v) is 11.9. The highest BCUT2D eigenvalue weighted by molar-refractivity contribution is 5.35. The summed E-state index contributed by atoms with van der Waals surface area (Å²) < 4.78 is 5.35. The molecule has 5 atom stereocenters. The molecule has 0 aromatic carbocycles. The van der Waals surface area contributed by atoms with E-state index in [-0.39, 0.29) is 11.3 Å². The monoisotopic (exact) mass is 268 g/mol. The minimum absolute atomic E-state index is 0.0242. The third-order valence-corrected chi connectivity index (χ3v) is 5.50. The van der Waals surface area contributed by atoms with Crippen molar-refractivity contribution in [2.45, 2.75) is 58.5 Å². The van der Waals surface area contributed by atoms with Crippen LogP contribution in [0.2, 0.25) is 0 Å². The average molecular weight is 268 g/mol. The summed E-state index contributed by atoms with van der Waals surface area (Å²) in [5.74, 6) is -0.0980. The maximum Gasteiger partial charge on any atom is 0.161 e. The lowest BCUT2D eigenvalue weighted by atomic mass is 9.54. The third kappa shape index (κ3) is 1.81. The smallest absolute Gasteiger partial charge is 0.161 e. The molecule has 4 nitrogen and oxygen atoms in total. The van der Waals surface area contributed by atoms with Gasteiger partial charge < -0.3 is 20.1 Å². The molecule has 0 spiro atoms. The highest BCUT2D eigenvalue weighted by Crippen LogP contribution is 2.57. The molecule has 0 amide bonds. The number of aliphatic hydroxyl groups is 3. The van der Waals surface area contributed by atoms with E-state index in [0.29, 0.717) is 19.4 Å². The number of ether oxygens (including phenoxy) is 1. The summed E-state index contributed by atoms with van der Waals surface area (Å²) in [6.07, 6.45) is 0.0916. The molecule has 3 aliphatic rings. The van der Waals surface area contributed by atoms with Gasteiger partial charge in [-0.15, -0.1) is 0 Å². The van der Waals surface area contributed by atoms with Crippen molar-refractivity contribution < 1.29 is 20.1 Å². The fourth-order valence-corrected chi connectivity index (χ4v) is 4.19. The first kappa shape index (κ1) is 13.6. The van der Waals surface area contributed by atoms with E-state index in [0.717, 1.165) is 17.6 Å². The fourth-order valence-electron chi connectivity index (χ4n) is 4.19. The molecule has 0 bridgehead atoms. The molecule has 108 valence electrons. The van der Waals surface area contributed by atoms with Crippen LogP contribution in [0.25, 0.3) is 0 Å². The average Bonchev–Trinajstić information content (AvgIpc) is 2.64. The molecule has 19 heavy (non-hydrogen) atoms. The van der Waals surface area contributed by atoms with E-state index < -0.39 is 23.9 Å². The summed E-state index contributed by atoms with van der Waals surface area (Å²) in [6.45, 7) is 6.68. The standard InChI is InChI=1S/C15H24O4/c1-14(2)5-10-9-7-19-13(18)8(9)4-11(16)15(10,3)12(17)6-14/h8,11-13,16-18H,4-7H2,1-3H3. The van der Waals surface area contributed by atoms with E-state index in [1.165, 1.54) is 0 Å². The van der Waals surface area contributed by atoms with Crippen molar-refractivity contribution >= 4 is 0 Å². The number of rotatable bonds is 0. The third-order valence-electron chi connectivity index (χ3n) is 5.50. The highest BCUT2D eigenvalue weighted by atomic mass is 16.6. The molecule has 4 heteroatoms. The van der Waals surface area contributed by atoms with E-state index in [9.17, 15) is 15.3 Å². The molecule has 0 aromatic rings. The van der Waals surface area contributed by atoms with E-state index >= 15 is 0 Å². The zero-order valence-electron chi connectivity index (χ0n) is 11.9. The second kappa shape index (κ2) is 4.04. The van der Waals surface area contributed by atoms with Crippen LogP contribution in [0.3, 0.4) is 0 Å². The summed E-state index contributed by atoms with van der Waals surface area (Å²) in [5, 5.41) is 30.9. The van der Waals surface area contributed by atoms with Gasteiger partial charge in [-0.1, -0.05) is 26.3 Å². The predicted molar refractivity (Wildman–Crippen MR) is 70.2 cm³/mol. The van der Waals surface area contributed by atoms with Crippen LogP contribution in [0.15, 0.2) is 11.1 Å². The first-order valence-electron chi connectivity index (χ1n) is 7.14. The van der Waals surface area contributed by atoms with Gasteiger partial charge in [0.1, 0.15) is 0 Å². The molecule has 3 N–H and O–H groups in total. The maximum absolute atomic E-state index is 10.6. The molecule has 5 unspecified atom stereocenters. The Morgan fingerprint density at radius 3 is 2.47 bits per heavy atom. The van der Waals surface area contributed by atoms with Crippen molar-refractivity contribution in [2.24, 2.45) is 16.7 Å². The minimum Gasteiger partial charge on any atom is -0.392 e. The lowest BCUT2D eigenvalue weighted by Crippen LogP contribution is -2.54. The lowest BCUT2D eigenvalue weighted by molar-refractivity contribution is -0.116. The molecule has 2 aliphatic carbocycles. The van der Waals surface area contributed by atoms with Gasteiger partial charge in [-0.05, 0) is 30.3 Å². The SMILES string of the molecule is CC1(C)CC2=C3COC(O)C3CC(O)C2(C)C(O)C1. The highest BCUT2D eigenvalue weighted by Gasteiger charge is 2.56. The molecule has 2 fully saturated rings. The Morgan fingerprint density at radius 2 is 1.79 bits per heavy atom. The topological polar surface area (TPSA) is 69.9 Å². The van der Waals surface area contributed by atoms with Crippen LogP contribution < -0.4 is 0 Å². The molecular formula is C15H24O4. The molecule has 3 rings (SSSR count). The van der Waals surface area contributed by atoms with Gasteiger partial charge in [0.05, 0.1) is 18.8 Å². The summed E-state index contributed by atoms with van der Waals surface area (Å²) in [6, 6.07) is 0. The van der Waals surface area contributed by atoms with Gasteiger partial charge >= 0.3 is 0 Å². The predicted octanol–water partition coefficient (Wildman–Crippen LogP) is 1.20. The van der Waals surface area contributed by atoms with Crippen LogP contribution in [-0.4, -0.2) is 40.4 Å². The van der Waals surface area contributed by atoms with Crippen molar-refractivity contribution in [3.05, 3.63) is 11.1 Å². The number of hydrogen-bond donors (Lipinski definition) is 3. The molecule has 1 saturated heterocycles. The first-order valence-corrected chi connectivity index (χ1v) is 7.14. The van der Waals surface area contributed by atoms with Crippen LogP contribution in [0, 0.1) is 16.7 Å². The molecule has 0 aromatic heterocycles. The van der Waals surface area contributed by atoms with E-state index in [1.807, 2.05) is 6.92 Å². The van der Waals surface area contributed by atoms with Gasteiger partial charge in [0.2, 0.25) is 0 Å². The molecular weight excluding hydrogens is 244 g/mol. The van der Waals surface area contributed by atoms with Gasteiger partial charge in [0.25, 0.3) is 0 Å². The molecule has 0 radical (unpaired) electrons. The van der Waals surface area contributed by atoms with Crippen LogP contribution in [-0.2, 0) is 4.74 Å². The van der Waals surface area contributed by atoms with Gasteiger partial charge in [0, 0.05) is 11.3 Å². The van der Waals surface area contributed by atoms with Gasteiger partial charge in [-0.3, -0.25) is 0 Å². The fraction of sp³-hybridized carbons (Fsp3) is 0.867. The Kier molecular flexibility index (Phi) is 2.88. The quantitative estimate of drug-likeness (QED) is 0.577. The summed E-state index contributed by atoms with van der Waals surface area (Å²) >= 11 is 0. The zero-order chi connectivity index (χ0) is 14.0. The van der Waals surface area contributed by atoms with Crippen molar-refractivity contribution in [1.82, 2.24) is 0 Å². The molecule has 1 aliphatic heterocycles. The Hall–Kier alpha value is -0.420. The Bertz CT molecular complexity index is 428. The molecule has 1 heterocycles. The van der Waals surface area contributed by atoms with E-state index in [2.05, 4.69) is 13.8 Å². The number of fused-ring (bicyclic) bond motifs is 2. The Balaban J connectivity index is 2.11. The lowest BCUT2D eigenvalue weighted by Gasteiger charge is -2.53. The summed E-state index contributed by atoms with van der Waals surface area (Å²) in [7, 11) is 0. The van der Waals surface area contributed by atoms with Crippen molar-refractivity contribution in [3.8, 4) is 0 Å². The van der Waals surface area contributed by atoms with Crippen molar-refractivity contribution in [2.75, 3.05) is 6.61 Å². The summed E-state index contributed by atoms with van der Waals surface area (Å²) in [5.41, 5.74) is 1.69. The number of hydrogen-bond acceptors (Lipinski definition) is 4. The second-order valence-electron chi connectivity index (χ2n) is 7.41. The van der Waals surface area contributed by atoms with Gasteiger partial charge in [-0.25, -0.2) is 0 Å². The van der Waals surface area contributed by atoms with Gasteiger partial charge in [-0.2, -0.15) is 0 Å². The van der Waals surface area contributed by atoms with E-state index in [4.69, 9.17) is 4.74 Å². The Labute approximate surface area is 114 Å². The first-order chi connectivity index (χ1) is 8.75. The largest absolute Gasteiger partial charge is 0.392 e.